The monoisotopic (exact) mass is 410 g/mol. The van der Waals surface area contributed by atoms with Gasteiger partial charge in [-0.25, -0.2) is 0 Å². The van der Waals surface area contributed by atoms with Crippen molar-refractivity contribution in [3.05, 3.63) is 0 Å². The fourth-order valence-electron chi connectivity index (χ4n) is 0.510. The predicted molar refractivity (Wildman–Crippen MR) is 111 cm³/mol. The zero-order valence-electron chi connectivity index (χ0n) is 15.4. The largest absolute Gasteiger partial charge is 0.481 e. The van der Waals surface area contributed by atoms with E-state index in [2.05, 4.69) is 0 Å². The van der Waals surface area contributed by atoms with E-state index in [-0.39, 0.29) is 52.3 Å². The van der Waals surface area contributed by atoms with Crippen molar-refractivity contribution in [2.45, 2.75) is 60.8 Å². The minimum Gasteiger partial charge on any atom is -0.481 e. The minimum absolute atomic E-state index is 0. The Morgan fingerprint density at radius 2 is 0.917 bits per heavy atom. The second-order valence-electron chi connectivity index (χ2n) is 4.91. The van der Waals surface area contributed by atoms with Gasteiger partial charge in [0.1, 0.15) is 0 Å². The molecular formula is C15H35FO5S3. The number of halogens is 1. The summed E-state index contributed by atoms with van der Waals surface area (Å²) in [6.45, 7) is 10.5. The number of carbonyl (C=O) groups is 3. The van der Waals surface area contributed by atoms with Gasteiger partial charge in [0.15, 0.2) is 0 Å². The van der Waals surface area contributed by atoms with Crippen molar-refractivity contribution in [1.29, 1.82) is 0 Å². The van der Waals surface area contributed by atoms with Gasteiger partial charge >= 0.3 is 18.0 Å². The number of rotatable bonds is 6. The van der Waals surface area contributed by atoms with Crippen LogP contribution < -0.4 is 0 Å². The van der Waals surface area contributed by atoms with E-state index < -0.39 is 23.9 Å². The van der Waals surface area contributed by atoms with Gasteiger partial charge in [0.2, 0.25) is 0 Å². The smallest absolute Gasteiger partial charge is 0.306 e. The molecule has 0 fully saturated rings. The molecule has 0 aromatic carbocycles. The molecule has 2 N–H and O–H groups in total. The molecule has 0 radical (unpaired) electrons. The number of aliphatic carboxylic acids is 2. The van der Waals surface area contributed by atoms with E-state index in [4.69, 9.17) is 10.2 Å². The Labute approximate surface area is 166 Å². The van der Waals surface area contributed by atoms with Crippen LogP contribution in [0.4, 0.5) is 4.39 Å². The third kappa shape index (κ3) is 29.6. The molecule has 5 nitrogen and oxygen atoms in total. The van der Waals surface area contributed by atoms with Crippen LogP contribution in [0.1, 0.15) is 60.8 Å². The van der Waals surface area contributed by atoms with E-state index in [1.807, 2.05) is 13.8 Å². The normalized spacial score (nSPS) is 11.8. The van der Waals surface area contributed by atoms with Gasteiger partial charge in [0.25, 0.3) is 0 Å². The number of carboxylic acid groups (broad SMARTS) is 2. The number of carbonyl (C=O) groups excluding carboxylic acids is 1. The van der Waals surface area contributed by atoms with Gasteiger partial charge in [-0.2, -0.15) is 44.9 Å². The lowest BCUT2D eigenvalue weighted by Crippen LogP contribution is -2.06. The molecule has 24 heavy (non-hydrogen) atoms. The molecule has 9 heteroatoms. The maximum atomic E-state index is 11.5. The highest BCUT2D eigenvalue weighted by atomic mass is 32.1. The second kappa shape index (κ2) is 24.8. The molecule has 0 aliphatic rings. The maximum absolute atomic E-state index is 11.5. The molecule has 0 saturated heterocycles. The summed E-state index contributed by atoms with van der Waals surface area (Å²) in [6.07, 6.45) is 2.03. The highest BCUT2D eigenvalue weighted by Gasteiger charge is 2.06. The van der Waals surface area contributed by atoms with Gasteiger partial charge < -0.3 is 10.2 Å². The molecule has 0 aromatic heterocycles. The van der Waals surface area contributed by atoms with Crippen LogP contribution in [-0.2, 0) is 14.4 Å². The predicted octanol–water partition coefficient (Wildman–Crippen LogP) is 4.10. The molecule has 3 atom stereocenters. The lowest BCUT2D eigenvalue weighted by molar-refractivity contribution is -0.142. The van der Waals surface area contributed by atoms with Crippen LogP contribution in [0.15, 0.2) is 0 Å². The standard InChI is InChI=1S/C5H9FO.2C5H10O2.3H2S/c3*1-3-4(2)5(6)7;;;/h4H,3H2,1-2H3;2*4H,3H2,1-2H3,(H,6,7);3*1H2/t3*4-;;;/m000.../s1. The molecule has 0 heterocycles. The summed E-state index contributed by atoms with van der Waals surface area (Å²) in [5, 5.41) is 16.4. The van der Waals surface area contributed by atoms with Crippen molar-refractivity contribution >= 4 is 58.5 Å². The van der Waals surface area contributed by atoms with Crippen LogP contribution in [0.3, 0.4) is 0 Å². The summed E-state index contributed by atoms with van der Waals surface area (Å²) in [4.78, 5) is 29.6. The van der Waals surface area contributed by atoms with Gasteiger partial charge in [-0.3, -0.25) is 14.4 Å². The van der Waals surface area contributed by atoms with Crippen molar-refractivity contribution in [3.8, 4) is 0 Å². The Hall–Kier alpha value is -0.410. The van der Waals surface area contributed by atoms with Crippen LogP contribution >= 0.6 is 40.5 Å². The lowest BCUT2D eigenvalue weighted by Gasteiger charge is -1.96. The number of carboxylic acids is 2. The van der Waals surface area contributed by atoms with Crippen molar-refractivity contribution < 1.29 is 29.0 Å². The van der Waals surface area contributed by atoms with E-state index in [1.54, 1.807) is 27.7 Å². The fourth-order valence-corrected chi connectivity index (χ4v) is 0.510. The zero-order chi connectivity index (χ0) is 17.6. The first kappa shape index (κ1) is 38.9. The first-order chi connectivity index (χ1) is 9.54. The van der Waals surface area contributed by atoms with Gasteiger partial charge in [-0.1, -0.05) is 41.5 Å². The van der Waals surface area contributed by atoms with Crippen molar-refractivity contribution in [2.24, 2.45) is 17.8 Å². The first-order valence-corrected chi connectivity index (χ1v) is 7.19. The van der Waals surface area contributed by atoms with Crippen LogP contribution in [0, 0.1) is 17.8 Å². The second-order valence-corrected chi connectivity index (χ2v) is 4.91. The van der Waals surface area contributed by atoms with Gasteiger partial charge in [0, 0.05) is 5.92 Å². The molecule has 0 unspecified atom stereocenters. The van der Waals surface area contributed by atoms with Gasteiger partial charge in [-0.05, 0) is 19.3 Å². The topological polar surface area (TPSA) is 91.7 Å². The molecular weight excluding hydrogens is 375 g/mol. The zero-order valence-corrected chi connectivity index (χ0v) is 18.4. The van der Waals surface area contributed by atoms with Crippen LogP contribution in [0.25, 0.3) is 0 Å². The van der Waals surface area contributed by atoms with Gasteiger partial charge in [-0.15, -0.1) is 0 Å². The summed E-state index contributed by atoms with van der Waals surface area (Å²) in [5.41, 5.74) is 0. The highest BCUT2D eigenvalue weighted by Crippen LogP contribution is 2.01. The van der Waals surface area contributed by atoms with E-state index in [0.717, 1.165) is 12.8 Å². The average Bonchev–Trinajstić information content (AvgIpc) is 2.45. The highest BCUT2D eigenvalue weighted by molar-refractivity contribution is 7.59. The lowest BCUT2D eigenvalue weighted by atomic mass is 10.1. The van der Waals surface area contributed by atoms with E-state index in [9.17, 15) is 18.8 Å². The van der Waals surface area contributed by atoms with Gasteiger partial charge in [0.05, 0.1) is 11.8 Å². The van der Waals surface area contributed by atoms with Crippen LogP contribution in [0.5, 0.6) is 0 Å². The van der Waals surface area contributed by atoms with E-state index in [0.29, 0.717) is 6.42 Å². The van der Waals surface area contributed by atoms with Crippen LogP contribution in [0.2, 0.25) is 0 Å². The molecule has 0 aliphatic carbocycles. The Balaban J connectivity index is -0.0000000476. The number of hydrogen-bond acceptors (Lipinski definition) is 3. The Bertz CT molecular complexity index is 270. The quantitative estimate of drug-likeness (QED) is 0.643. The van der Waals surface area contributed by atoms with Crippen molar-refractivity contribution in [1.82, 2.24) is 0 Å². The number of hydrogen-bond donors (Lipinski definition) is 2. The maximum Gasteiger partial charge on any atom is 0.306 e. The molecule has 0 saturated carbocycles. The Morgan fingerprint density at radius 3 is 0.917 bits per heavy atom. The average molecular weight is 411 g/mol. The summed E-state index contributed by atoms with van der Waals surface area (Å²) < 4.78 is 11.5. The third-order valence-electron chi connectivity index (χ3n) is 3.07. The first-order valence-electron chi connectivity index (χ1n) is 7.19. The van der Waals surface area contributed by atoms with E-state index in [1.165, 1.54) is 0 Å². The summed E-state index contributed by atoms with van der Waals surface area (Å²) in [5.74, 6) is -2.18. The summed E-state index contributed by atoms with van der Waals surface area (Å²) in [6, 6.07) is -1.21. The Kier molecular flexibility index (Phi) is 40.3. The molecule has 0 spiro atoms. The SMILES string of the molecule is CC[C@H](C)C(=O)F.CC[C@H](C)C(=O)O.CC[C@H](C)C(=O)O.S.S.S. The molecule has 0 aromatic rings. The summed E-state index contributed by atoms with van der Waals surface area (Å²) >= 11 is 0. The molecule has 0 aliphatic heterocycles. The minimum atomic E-state index is -1.21. The molecule has 0 bridgehead atoms. The van der Waals surface area contributed by atoms with Crippen LogP contribution in [-0.4, -0.2) is 28.2 Å². The molecule has 0 amide bonds. The van der Waals surface area contributed by atoms with Crippen molar-refractivity contribution in [3.63, 3.8) is 0 Å². The van der Waals surface area contributed by atoms with Crippen molar-refractivity contribution in [2.75, 3.05) is 0 Å². The Morgan fingerprint density at radius 1 is 0.708 bits per heavy atom. The third-order valence-corrected chi connectivity index (χ3v) is 3.07. The fraction of sp³-hybridized carbons (Fsp3) is 0.800. The summed E-state index contributed by atoms with van der Waals surface area (Å²) in [7, 11) is 0. The van der Waals surface area contributed by atoms with E-state index >= 15 is 0 Å². The molecule has 0 rings (SSSR count). The molecule has 150 valence electrons.